The SMILES string of the molecule is CC(C)(Oc1ccc(Cl)cc1)C(=O)NC(C(=O)N[C@H]1C(=O)N2[C@H]1SC(C)(C)[C@H]2C(=O)O)c1ccccc1. The Kier molecular flexibility index (Phi) is 7.18. The molecule has 2 fully saturated rings. The van der Waals surface area contributed by atoms with Gasteiger partial charge >= 0.3 is 5.97 Å². The molecule has 2 heterocycles. The second kappa shape index (κ2) is 9.90. The number of fused-ring (bicyclic) bond motifs is 1. The van der Waals surface area contributed by atoms with Crippen molar-refractivity contribution < 1.29 is 29.0 Å². The number of carboxylic acids is 1. The number of hydrogen-bond acceptors (Lipinski definition) is 6. The highest BCUT2D eigenvalue weighted by atomic mass is 35.5. The van der Waals surface area contributed by atoms with Crippen LogP contribution in [0, 0.1) is 0 Å². The summed E-state index contributed by atoms with van der Waals surface area (Å²) in [5.41, 5.74) is -0.827. The third-order valence-electron chi connectivity index (χ3n) is 6.38. The van der Waals surface area contributed by atoms with Crippen LogP contribution in [-0.4, -0.2) is 61.5 Å². The van der Waals surface area contributed by atoms with Crippen molar-refractivity contribution in [3.8, 4) is 5.75 Å². The molecule has 3 N–H and O–H groups in total. The molecule has 4 rings (SSSR count). The van der Waals surface area contributed by atoms with Crippen LogP contribution in [0.3, 0.4) is 0 Å². The summed E-state index contributed by atoms with van der Waals surface area (Å²) in [6, 6.07) is 12.2. The van der Waals surface area contributed by atoms with Crippen molar-refractivity contribution in [3.63, 3.8) is 0 Å². The van der Waals surface area contributed by atoms with E-state index < -0.39 is 57.5 Å². The minimum absolute atomic E-state index is 0.430. The molecule has 4 atom stereocenters. The molecule has 0 spiro atoms. The molecule has 2 aliphatic rings. The van der Waals surface area contributed by atoms with Gasteiger partial charge in [0.1, 0.15) is 29.2 Å². The van der Waals surface area contributed by atoms with Crippen molar-refractivity contribution in [2.75, 3.05) is 0 Å². The third kappa shape index (κ3) is 5.26. The number of nitrogens with one attached hydrogen (secondary N) is 2. The van der Waals surface area contributed by atoms with Gasteiger partial charge in [0.25, 0.3) is 5.91 Å². The number of hydrogen-bond donors (Lipinski definition) is 3. The number of carbonyl (C=O) groups excluding carboxylic acids is 3. The van der Waals surface area contributed by atoms with Gasteiger partial charge in [0.05, 0.1) is 0 Å². The number of thioether (sulfide) groups is 1. The standard InChI is InChI=1S/C26H28ClN3O6S/c1-25(2,36-16-12-10-15(27)11-13-16)24(35)29-17(14-8-6-5-7-9-14)20(31)28-18-21(32)30-19(23(33)34)26(3,4)37-22(18)30/h5-13,17-19,22H,1-4H3,(H,28,31)(H,29,35)(H,33,34)/t17?,18-,19+,22-/m0/s1. The third-order valence-corrected chi connectivity index (χ3v) is 8.20. The van der Waals surface area contributed by atoms with Crippen molar-refractivity contribution >= 4 is 47.1 Å². The highest BCUT2D eigenvalue weighted by molar-refractivity contribution is 8.01. The molecule has 2 aromatic carbocycles. The fourth-order valence-electron chi connectivity index (χ4n) is 4.48. The van der Waals surface area contributed by atoms with Crippen LogP contribution in [0.1, 0.15) is 39.3 Å². The Morgan fingerprint density at radius 3 is 2.32 bits per heavy atom. The predicted octanol–water partition coefficient (Wildman–Crippen LogP) is 2.99. The first-order valence-corrected chi connectivity index (χ1v) is 12.9. The number of halogens is 1. The first-order valence-electron chi connectivity index (χ1n) is 11.7. The van der Waals surface area contributed by atoms with Crippen LogP contribution in [0.15, 0.2) is 54.6 Å². The summed E-state index contributed by atoms with van der Waals surface area (Å²) in [5.74, 6) is -2.25. The second-order valence-electron chi connectivity index (χ2n) is 9.97. The molecule has 1 unspecified atom stereocenters. The summed E-state index contributed by atoms with van der Waals surface area (Å²) < 4.78 is 5.14. The van der Waals surface area contributed by atoms with Gasteiger partial charge in [0, 0.05) is 9.77 Å². The zero-order valence-electron chi connectivity index (χ0n) is 20.7. The number of benzene rings is 2. The van der Waals surface area contributed by atoms with E-state index in [1.54, 1.807) is 82.3 Å². The van der Waals surface area contributed by atoms with Gasteiger partial charge in [-0.2, -0.15) is 0 Å². The molecule has 2 saturated heterocycles. The highest BCUT2D eigenvalue weighted by Gasteiger charge is 2.64. The molecule has 196 valence electrons. The molecule has 2 aromatic rings. The van der Waals surface area contributed by atoms with Crippen LogP contribution in [0.25, 0.3) is 0 Å². The molecule has 37 heavy (non-hydrogen) atoms. The summed E-state index contributed by atoms with van der Waals surface area (Å²) >= 11 is 7.25. The second-order valence-corrected chi connectivity index (χ2v) is 12.2. The molecule has 0 radical (unpaired) electrons. The van der Waals surface area contributed by atoms with E-state index in [0.29, 0.717) is 16.3 Å². The Bertz CT molecular complexity index is 1220. The van der Waals surface area contributed by atoms with Gasteiger partial charge in [-0.15, -0.1) is 11.8 Å². The summed E-state index contributed by atoms with van der Waals surface area (Å²) in [7, 11) is 0. The van der Waals surface area contributed by atoms with Gasteiger partial charge in [-0.1, -0.05) is 41.9 Å². The minimum atomic E-state index is -1.34. The fraction of sp³-hybridized carbons (Fsp3) is 0.385. The van der Waals surface area contributed by atoms with Gasteiger partial charge in [-0.3, -0.25) is 14.4 Å². The Balaban J connectivity index is 1.51. The minimum Gasteiger partial charge on any atom is -0.480 e. The average Bonchev–Trinajstić information content (AvgIpc) is 3.10. The first-order chi connectivity index (χ1) is 17.3. The molecule has 0 bridgehead atoms. The van der Waals surface area contributed by atoms with E-state index in [-0.39, 0.29) is 0 Å². The summed E-state index contributed by atoms with van der Waals surface area (Å²) in [6.07, 6.45) is 0. The molecule has 11 heteroatoms. The van der Waals surface area contributed by atoms with Gasteiger partial charge in [0.15, 0.2) is 5.60 Å². The molecule has 3 amide bonds. The number of aliphatic carboxylic acids is 1. The molecular formula is C26H28ClN3O6S. The topological polar surface area (TPSA) is 125 Å². The normalized spacial score (nSPS) is 22.9. The van der Waals surface area contributed by atoms with Crippen molar-refractivity contribution in [1.82, 2.24) is 15.5 Å². The quantitative estimate of drug-likeness (QED) is 0.435. The Morgan fingerprint density at radius 2 is 1.73 bits per heavy atom. The molecule has 9 nitrogen and oxygen atoms in total. The van der Waals surface area contributed by atoms with Crippen LogP contribution in [0.2, 0.25) is 5.02 Å². The fourth-order valence-corrected chi connectivity index (χ4v) is 6.23. The average molecular weight is 546 g/mol. The molecular weight excluding hydrogens is 518 g/mol. The molecule has 2 aliphatic heterocycles. The van der Waals surface area contributed by atoms with Gasteiger partial charge < -0.3 is 25.4 Å². The van der Waals surface area contributed by atoms with E-state index in [1.807, 2.05) is 0 Å². The van der Waals surface area contributed by atoms with Crippen LogP contribution in [0.4, 0.5) is 0 Å². The van der Waals surface area contributed by atoms with Crippen LogP contribution < -0.4 is 15.4 Å². The number of carbonyl (C=O) groups is 4. The maximum absolute atomic E-state index is 13.4. The van der Waals surface area contributed by atoms with E-state index in [2.05, 4.69) is 10.6 Å². The van der Waals surface area contributed by atoms with Crippen LogP contribution in [-0.2, 0) is 19.2 Å². The maximum atomic E-state index is 13.4. The van der Waals surface area contributed by atoms with Gasteiger partial charge in [-0.25, -0.2) is 4.79 Å². The lowest BCUT2D eigenvalue weighted by Crippen LogP contribution is -2.71. The van der Waals surface area contributed by atoms with Crippen molar-refractivity contribution in [3.05, 3.63) is 65.2 Å². The number of rotatable bonds is 8. The molecule has 0 aliphatic carbocycles. The summed E-state index contributed by atoms with van der Waals surface area (Å²) in [5, 5.41) is 15.1. The Morgan fingerprint density at radius 1 is 1.11 bits per heavy atom. The zero-order chi connectivity index (χ0) is 27.1. The maximum Gasteiger partial charge on any atom is 0.327 e. The van der Waals surface area contributed by atoms with Gasteiger partial charge in [0.2, 0.25) is 11.8 Å². The van der Waals surface area contributed by atoms with Crippen molar-refractivity contribution in [2.24, 2.45) is 0 Å². The summed E-state index contributed by atoms with van der Waals surface area (Å²) in [6.45, 7) is 6.68. The van der Waals surface area contributed by atoms with E-state index in [4.69, 9.17) is 16.3 Å². The number of amides is 3. The number of carboxylic acid groups (broad SMARTS) is 1. The number of β-lactam (4-membered cyclic amide) rings is 1. The van der Waals surface area contributed by atoms with E-state index >= 15 is 0 Å². The largest absolute Gasteiger partial charge is 0.480 e. The lowest BCUT2D eigenvalue weighted by atomic mass is 9.95. The van der Waals surface area contributed by atoms with E-state index in [0.717, 1.165) is 0 Å². The van der Waals surface area contributed by atoms with Crippen LogP contribution >= 0.6 is 23.4 Å². The number of nitrogens with zero attached hydrogens (tertiary/aromatic N) is 1. The van der Waals surface area contributed by atoms with Crippen LogP contribution in [0.5, 0.6) is 5.75 Å². The number of ether oxygens (including phenoxy) is 1. The lowest BCUT2D eigenvalue weighted by molar-refractivity contribution is -0.161. The summed E-state index contributed by atoms with van der Waals surface area (Å²) in [4.78, 5) is 52.6. The molecule has 0 aromatic heterocycles. The van der Waals surface area contributed by atoms with Crippen molar-refractivity contribution in [1.29, 1.82) is 0 Å². The van der Waals surface area contributed by atoms with Crippen molar-refractivity contribution in [2.45, 2.75) is 61.5 Å². The highest BCUT2D eigenvalue weighted by Crippen LogP contribution is 2.50. The lowest BCUT2D eigenvalue weighted by Gasteiger charge is -2.44. The smallest absolute Gasteiger partial charge is 0.327 e. The first kappa shape index (κ1) is 26.8. The van der Waals surface area contributed by atoms with Gasteiger partial charge in [-0.05, 0) is 57.5 Å². The zero-order valence-corrected chi connectivity index (χ0v) is 22.3. The Labute approximate surface area is 223 Å². The van der Waals surface area contributed by atoms with E-state index in [1.165, 1.54) is 16.7 Å². The molecule has 0 saturated carbocycles. The Hall–Kier alpha value is -3.24. The monoisotopic (exact) mass is 545 g/mol. The van der Waals surface area contributed by atoms with E-state index in [9.17, 15) is 24.3 Å². The predicted molar refractivity (Wildman–Crippen MR) is 139 cm³/mol.